The molecule has 1 aliphatic rings. The highest BCUT2D eigenvalue weighted by Crippen LogP contribution is 2.49. The number of halogens is 1. The summed E-state index contributed by atoms with van der Waals surface area (Å²) in [5, 5.41) is 9.92. The van der Waals surface area contributed by atoms with E-state index in [2.05, 4.69) is 15.9 Å². The van der Waals surface area contributed by atoms with Crippen LogP contribution in [0.3, 0.4) is 0 Å². The van der Waals surface area contributed by atoms with E-state index in [0.29, 0.717) is 0 Å². The van der Waals surface area contributed by atoms with Crippen LogP contribution in [0.15, 0.2) is 22.7 Å². The molecule has 2 nitrogen and oxygen atoms in total. The van der Waals surface area contributed by atoms with Gasteiger partial charge in [0.1, 0.15) is 5.75 Å². The highest BCUT2D eigenvalue weighted by atomic mass is 79.9. The van der Waals surface area contributed by atoms with E-state index in [0.717, 1.165) is 28.6 Å². The quantitative estimate of drug-likeness (QED) is 0.864. The minimum absolute atomic E-state index is 0.604. The second kappa shape index (κ2) is 3.00. The van der Waals surface area contributed by atoms with Gasteiger partial charge in [-0.05, 0) is 34.8 Å². The summed E-state index contributed by atoms with van der Waals surface area (Å²) in [5.74, 6) is 0.776. The van der Waals surface area contributed by atoms with Gasteiger partial charge in [-0.15, -0.1) is 0 Å². The van der Waals surface area contributed by atoms with Crippen LogP contribution in [0, 0.1) is 0 Å². The van der Waals surface area contributed by atoms with Crippen molar-refractivity contribution in [1.82, 2.24) is 0 Å². The Morgan fingerprint density at radius 3 is 2.69 bits per heavy atom. The van der Waals surface area contributed by atoms with Crippen molar-refractivity contribution >= 4 is 15.9 Å². The largest absolute Gasteiger partial charge is 0.496 e. The van der Waals surface area contributed by atoms with Crippen molar-refractivity contribution < 1.29 is 9.84 Å². The summed E-state index contributed by atoms with van der Waals surface area (Å²) < 4.78 is 6.02. The summed E-state index contributed by atoms with van der Waals surface area (Å²) in [4.78, 5) is 0. The second-order valence-electron chi connectivity index (χ2n) is 3.35. The Labute approximate surface area is 85.7 Å². The van der Waals surface area contributed by atoms with Crippen molar-refractivity contribution in [1.29, 1.82) is 0 Å². The maximum absolute atomic E-state index is 9.92. The highest BCUT2D eigenvalue weighted by molar-refractivity contribution is 9.10. The summed E-state index contributed by atoms with van der Waals surface area (Å²) >= 11 is 3.43. The average molecular weight is 243 g/mol. The number of hydrogen-bond acceptors (Lipinski definition) is 2. The Morgan fingerprint density at radius 2 is 2.15 bits per heavy atom. The van der Waals surface area contributed by atoms with E-state index in [4.69, 9.17) is 4.74 Å². The van der Waals surface area contributed by atoms with Crippen LogP contribution in [0.2, 0.25) is 0 Å². The lowest BCUT2D eigenvalue weighted by molar-refractivity contribution is 0.150. The fourth-order valence-electron chi connectivity index (χ4n) is 1.42. The minimum atomic E-state index is -0.604. The zero-order valence-corrected chi connectivity index (χ0v) is 8.97. The molecule has 0 saturated heterocycles. The van der Waals surface area contributed by atoms with Gasteiger partial charge in [-0.1, -0.05) is 12.1 Å². The fourth-order valence-corrected chi connectivity index (χ4v) is 2.21. The van der Waals surface area contributed by atoms with Crippen molar-refractivity contribution in [2.45, 2.75) is 18.4 Å². The van der Waals surface area contributed by atoms with Gasteiger partial charge < -0.3 is 9.84 Å². The molecule has 2 rings (SSSR count). The molecule has 0 spiro atoms. The standard InChI is InChI=1S/C10H11BrO2/c1-13-8-4-2-3-7(9(8)11)10(12)5-6-10/h2-4,12H,5-6H2,1H3. The van der Waals surface area contributed by atoms with E-state index in [1.165, 1.54) is 0 Å². The van der Waals surface area contributed by atoms with Crippen LogP contribution in [0.4, 0.5) is 0 Å². The predicted molar refractivity (Wildman–Crippen MR) is 53.8 cm³/mol. The number of hydrogen-bond donors (Lipinski definition) is 1. The van der Waals surface area contributed by atoms with E-state index >= 15 is 0 Å². The maximum Gasteiger partial charge on any atom is 0.133 e. The molecule has 1 saturated carbocycles. The molecule has 0 radical (unpaired) electrons. The summed E-state index contributed by atoms with van der Waals surface area (Å²) in [6.07, 6.45) is 1.69. The van der Waals surface area contributed by atoms with Crippen molar-refractivity contribution in [3.8, 4) is 5.75 Å². The van der Waals surface area contributed by atoms with Gasteiger partial charge >= 0.3 is 0 Å². The molecule has 1 N–H and O–H groups in total. The molecule has 0 aromatic heterocycles. The van der Waals surface area contributed by atoms with Gasteiger partial charge in [-0.2, -0.15) is 0 Å². The zero-order valence-electron chi connectivity index (χ0n) is 7.38. The molecule has 13 heavy (non-hydrogen) atoms. The van der Waals surface area contributed by atoms with E-state index < -0.39 is 5.60 Å². The Kier molecular flexibility index (Phi) is 2.08. The van der Waals surface area contributed by atoms with Crippen LogP contribution in [0.5, 0.6) is 5.75 Å². The first-order valence-corrected chi connectivity index (χ1v) is 5.02. The third kappa shape index (κ3) is 1.46. The lowest BCUT2D eigenvalue weighted by Gasteiger charge is -2.12. The Bertz CT molecular complexity index is 332. The van der Waals surface area contributed by atoms with Crippen molar-refractivity contribution in [2.24, 2.45) is 0 Å². The molecule has 0 bridgehead atoms. The first kappa shape index (κ1) is 9.03. The normalized spacial score (nSPS) is 18.4. The SMILES string of the molecule is COc1cccc(C2(O)CC2)c1Br. The molecular formula is C10H11BrO2. The van der Waals surface area contributed by atoms with E-state index in [9.17, 15) is 5.11 Å². The van der Waals surface area contributed by atoms with Gasteiger partial charge in [0.2, 0.25) is 0 Å². The van der Waals surface area contributed by atoms with Gasteiger partial charge in [-0.25, -0.2) is 0 Å². The third-order valence-electron chi connectivity index (χ3n) is 2.41. The maximum atomic E-state index is 9.92. The summed E-state index contributed by atoms with van der Waals surface area (Å²) in [6, 6.07) is 5.70. The number of benzene rings is 1. The summed E-state index contributed by atoms with van der Waals surface area (Å²) in [7, 11) is 1.63. The van der Waals surface area contributed by atoms with Crippen LogP contribution in [0.1, 0.15) is 18.4 Å². The first-order chi connectivity index (χ1) is 6.17. The third-order valence-corrected chi connectivity index (χ3v) is 3.23. The molecule has 0 amide bonds. The molecule has 0 unspecified atom stereocenters. The molecule has 1 fully saturated rings. The average Bonchev–Trinajstić information content (AvgIpc) is 2.85. The molecule has 1 aromatic carbocycles. The Hall–Kier alpha value is -0.540. The second-order valence-corrected chi connectivity index (χ2v) is 4.15. The molecule has 70 valence electrons. The number of rotatable bonds is 2. The van der Waals surface area contributed by atoms with E-state index in [1.807, 2.05) is 18.2 Å². The topological polar surface area (TPSA) is 29.5 Å². The number of ether oxygens (including phenoxy) is 1. The minimum Gasteiger partial charge on any atom is -0.496 e. The van der Waals surface area contributed by atoms with Crippen LogP contribution in [-0.2, 0) is 5.60 Å². The Balaban J connectivity index is 2.46. The Morgan fingerprint density at radius 1 is 1.46 bits per heavy atom. The highest BCUT2D eigenvalue weighted by Gasteiger charge is 2.43. The predicted octanol–water partition coefficient (Wildman–Crippen LogP) is 2.44. The molecular weight excluding hydrogens is 232 g/mol. The van der Waals surface area contributed by atoms with Crippen LogP contribution < -0.4 is 4.74 Å². The van der Waals surface area contributed by atoms with E-state index in [1.54, 1.807) is 7.11 Å². The lowest BCUT2D eigenvalue weighted by Crippen LogP contribution is -2.05. The van der Waals surface area contributed by atoms with Gasteiger partial charge in [0.05, 0.1) is 17.2 Å². The monoisotopic (exact) mass is 242 g/mol. The number of aliphatic hydroxyl groups is 1. The summed E-state index contributed by atoms with van der Waals surface area (Å²) in [6.45, 7) is 0. The molecule has 3 heteroatoms. The van der Waals surface area contributed by atoms with Gasteiger partial charge in [0.25, 0.3) is 0 Å². The van der Waals surface area contributed by atoms with Crippen molar-refractivity contribution in [3.05, 3.63) is 28.2 Å². The summed E-state index contributed by atoms with van der Waals surface area (Å²) in [5.41, 5.74) is 0.333. The smallest absolute Gasteiger partial charge is 0.133 e. The lowest BCUT2D eigenvalue weighted by atomic mass is 10.1. The molecule has 0 atom stereocenters. The number of methoxy groups -OCH3 is 1. The van der Waals surface area contributed by atoms with Crippen molar-refractivity contribution in [2.75, 3.05) is 7.11 Å². The zero-order chi connectivity index (χ0) is 9.47. The fraction of sp³-hybridized carbons (Fsp3) is 0.400. The van der Waals surface area contributed by atoms with Gasteiger partial charge in [0.15, 0.2) is 0 Å². The van der Waals surface area contributed by atoms with Gasteiger partial charge in [0, 0.05) is 5.56 Å². The molecule has 1 aliphatic carbocycles. The molecule has 0 heterocycles. The van der Waals surface area contributed by atoms with Crippen LogP contribution in [0.25, 0.3) is 0 Å². The first-order valence-electron chi connectivity index (χ1n) is 4.23. The van der Waals surface area contributed by atoms with Crippen LogP contribution >= 0.6 is 15.9 Å². The molecule has 0 aliphatic heterocycles. The van der Waals surface area contributed by atoms with Crippen molar-refractivity contribution in [3.63, 3.8) is 0 Å². The molecule has 1 aromatic rings. The van der Waals surface area contributed by atoms with Crippen LogP contribution in [-0.4, -0.2) is 12.2 Å². The van der Waals surface area contributed by atoms with E-state index in [-0.39, 0.29) is 0 Å². The van der Waals surface area contributed by atoms with Gasteiger partial charge in [-0.3, -0.25) is 0 Å².